The highest BCUT2D eigenvalue weighted by atomic mass is 79.9. The zero-order chi connectivity index (χ0) is 12.4. The fraction of sp³-hybridized carbons (Fsp3) is 0.0769. The van der Waals surface area contributed by atoms with Crippen LogP contribution in [-0.4, -0.2) is 0 Å². The van der Waals surface area contributed by atoms with Crippen molar-refractivity contribution < 1.29 is 4.74 Å². The van der Waals surface area contributed by atoms with Gasteiger partial charge < -0.3 is 10.5 Å². The Bertz CT molecular complexity index is 555. The summed E-state index contributed by atoms with van der Waals surface area (Å²) in [6.07, 6.45) is 0. The van der Waals surface area contributed by atoms with Gasteiger partial charge >= 0.3 is 0 Å². The van der Waals surface area contributed by atoms with Crippen LogP contribution in [0.3, 0.4) is 0 Å². The Kier molecular flexibility index (Phi) is 3.74. The molecule has 0 aliphatic rings. The van der Waals surface area contributed by atoms with E-state index in [2.05, 4.69) is 31.9 Å². The Balaban J connectivity index is 2.34. The third kappa shape index (κ3) is 3.01. The molecular weight excluding hydrogens is 346 g/mol. The van der Waals surface area contributed by atoms with Gasteiger partial charge in [-0.25, -0.2) is 0 Å². The van der Waals surface area contributed by atoms with Gasteiger partial charge in [0.1, 0.15) is 5.75 Å². The average molecular weight is 357 g/mol. The highest BCUT2D eigenvalue weighted by molar-refractivity contribution is 9.10. The molecule has 0 fully saturated rings. The van der Waals surface area contributed by atoms with Crippen LogP contribution in [0, 0.1) is 6.92 Å². The second kappa shape index (κ2) is 5.10. The van der Waals surface area contributed by atoms with Crippen molar-refractivity contribution in [2.24, 2.45) is 0 Å². The van der Waals surface area contributed by atoms with Crippen LogP contribution < -0.4 is 10.5 Å². The number of rotatable bonds is 2. The van der Waals surface area contributed by atoms with E-state index in [1.807, 2.05) is 43.3 Å². The maximum absolute atomic E-state index is 5.86. The van der Waals surface area contributed by atoms with E-state index in [4.69, 9.17) is 10.5 Å². The molecule has 2 nitrogen and oxygen atoms in total. The third-order valence-corrected chi connectivity index (χ3v) is 3.40. The lowest BCUT2D eigenvalue weighted by Gasteiger charge is -2.10. The van der Waals surface area contributed by atoms with Crippen LogP contribution >= 0.6 is 31.9 Å². The molecule has 0 atom stereocenters. The molecular formula is C13H11Br2NO. The molecule has 17 heavy (non-hydrogen) atoms. The molecule has 0 saturated carbocycles. The maximum Gasteiger partial charge on any atom is 0.151 e. The van der Waals surface area contributed by atoms with Gasteiger partial charge in [0, 0.05) is 4.47 Å². The summed E-state index contributed by atoms with van der Waals surface area (Å²) in [4.78, 5) is 0. The lowest BCUT2D eigenvalue weighted by atomic mass is 10.2. The summed E-state index contributed by atoms with van der Waals surface area (Å²) in [6.45, 7) is 2.03. The van der Waals surface area contributed by atoms with Gasteiger partial charge in [-0.3, -0.25) is 0 Å². The van der Waals surface area contributed by atoms with E-state index < -0.39 is 0 Å². The van der Waals surface area contributed by atoms with Gasteiger partial charge in [-0.1, -0.05) is 22.0 Å². The number of halogens is 2. The molecule has 0 heterocycles. The summed E-state index contributed by atoms with van der Waals surface area (Å²) < 4.78 is 7.62. The first-order valence-electron chi connectivity index (χ1n) is 5.05. The monoisotopic (exact) mass is 355 g/mol. The smallest absolute Gasteiger partial charge is 0.151 e. The summed E-state index contributed by atoms with van der Waals surface area (Å²) in [5.41, 5.74) is 7.64. The van der Waals surface area contributed by atoms with Gasteiger partial charge in [-0.05, 0) is 58.7 Å². The molecule has 0 saturated heterocycles. The standard InChI is InChI=1S/C13H11Br2NO/c1-8-2-5-12(10(15)6-8)17-13-7-9(14)3-4-11(13)16/h2-7H,16H2,1H3. The Labute approximate surface area is 117 Å². The van der Waals surface area contributed by atoms with E-state index >= 15 is 0 Å². The number of anilines is 1. The van der Waals surface area contributed by atoms with E-state index in [1.165, 1.54) is 5.56 Å². The third-order valence-electron chi connectivity index (χ3n) is 2.28. The first-order chi connectivity index (χ1) is 8.06. The minimum atomic E-state index is 0.612. The van der Waals surface area contributed by atoms with Gasteiger partial charge in [-0.15, -0.1) is 0 Å². The van der Waals surface area contributed by atoms with Crippen molar-refractivity contribution in [3.8, 4) is 11.5 Å². The summed E-state index contributed by atoms with van der Waals surface area (Å²) in [5.74, 6) is 1.39. The summed E-state index contributed by atoms with van der Waals surface area (Å²) in [5, 5.41) is 0. The number of benzene rings is 2. The minimum absolute atomic E-state index is 0.612. The molecule has 0 unspecified atom stereocenters. The first kappa shape index (κ1) is 12.5. The Morgan fingerprint density at radius 3 is 2.47 bits per heavy atom. The molecule has 0 spiro atoms. The Hall–Kier alpha value is -1.00. The van der Waals surface area contributed by atoms with Gasteiger partial charge in [0.25, 0.3) is 0 Å². The van der Waals surface area contributed by atoms with Crippen molar-refractivity contribution in [1.29, 1.82) is 0 Å². The maximum atomic E-state index is 5.86. The highest BCUT2D eigenvalue weighted by Gasteiger charge is 2.06. The fourth-order valence-electron chi connectivity index (χ4n) is 1.40. The zero-order valence-corrected chi connectivity index (χ0v) is 12.4. The van der Waals surface area contributed by atoms with E-state index in [0.717, 1.165) is 14.7 Å². The number of nitrogens with two attached hydrogens (primary N) is 1. The van der Waals surface area contributed by atoms with Crippen molar-refractivity contribution in [2.75, 3.05) is 5.73 Å². The molecule has 0 aromatic heterocycles. The number of aryl methyl sites for hydroxylation is 1. The van der Waals surface area contributed by atoms with Crippen molar-refractivity contribution in [3.05, 3.63) is 50.9 Å². The molecule has 2 rings (SSSR count). The molecule has 0 aliphatic heterocycles. The minimum Gasteiger partial charge on any atom is -0.454 e. The largest absolute Gasteiger partial charge is 0.454 e. The van der Waals surface area contributed by atoms with Crippen LogP contribution in [0.15, 0.2) is 45.3 Å². The van der Waals surface area contributed by atoms with Crippen molar-refractivity contribution >= 4 is 37.5 Å². The fourth-order valence-corrected chi connectivity index (χ4v) is 2.32. The van der Waals surface area contributed by atoms with Gasteiger partial charge in [0.15, 0.2) is 5.75 Å². The predicted octanol–water partition coefficient (Wildman–Crippen LogP) is 4.89. The van der Waals surface area contributed by atoms with Crippen LogP contribution in [0.2, 0.25) is 0 Å². The van der Waals surface area contributed by atoms with E-state index in [1.54, 1.807) is 0 Å². The van der Waals surface area contributed by atoms with E-state index in [-0.39, 0.29) is 0 Å². The van der Waals surface area contributed by atoms with E-state index in [9.17, 15) is 0 Å². The van der Waals surface area contributed by atoms with Crippen molar-refractivity contribution in [3.63, 3.8) is 0 Å². The molecule has 0 aliphatic carbocycles. The highest BCUT2D eigenvalue weighted by Crippen LogP contribution is 2.34. The normalized spacial score (nSPS) is 10.3. The number of ether oxygens (including phenoxy) is 1. The molecule has 0 bridgehead atoms. The van der Waals surface area contributed by atoms with Gasteiger partial charge in [0.05, 0.1) is 10.2 Å². The molecule has 4 heteroatoms. The summed E-state index contributed by atoms with van der Waals surface area (Å²) >= 11 is 6.86. The number of nitrogen functional groups attached to an aromatic ring is 1. The SMILES string of the molecule is Cc1ccc(Oc2cc(Br)ccc2N)c(Br)c1. The molecule has 2 aromatic rings. The lowest BCUT2D eigenvalue weighted by molar-refractivity contribution is 0.481. The van der Waals surface area contributed by atoms with Crippen LogP contribution in [0.5, 0.6) is 11.5 Å². The van der Waals surface area contributed by atoms with Crippen LogP contribution in [0.25, 0.3) is 0 Å². The Morgan fingerprint density at radius 1 is 1.00 bits per heavy atom. The quantitative estimate of drug-likeness (QED) is 0.777. The van der Waals surface area contributed by atoms with Crippen LogP contribution in [0.1, 0.15) is 5.56 Å². The zero-order valence-electron chi connectivity index (χ0n) is 9.21. The summed E-state index contributed by atoms with van der Waals surface area (Å²) in [7, 11) is 0. The topological polar surface area (TPSA) is 35.2 Å². The second-order valence-corrected chi connectivity index (χ2v) is 5.49. The molecule has 0 amide bonds. The lowest BCUT2D eigenvalue weighted by Crippen LogP contribution is -1.92. The van der Waals surface area contributed by atoms with Crippen LogP contribution in [0.4, 0.5) is 5.69 Å². The van der Waals surface area contributed by atoms with Gasteiger partial charge in [0.2, 0.25) is 0 Å². The number of hydrogen-bond acceptors (Lipinski definition) is 2. The average Bonchev–Trinajstić information content (AvgIpc) is 2.27. The summed E-state index contributed by atoms with van der Waals surface area (Å²) in [6, 6.07) is 11.5. The molecule has 0 radical (unpaired) electrons. The van der Waals surface area contributed by atoms with E-state index in [0.29, 0.717) is 11.4 Å². The predicted molar refractivity (Wildman–Crippen MR) is 77.5 cm³/mol. The second-order valence-electron chi connectivity index (χ2n) is 3.72. The number of hydrogen-bond donors (Lipinski definition) is 1. The van der Waals surface area contributed by atoms with Crippen molar-refractivity contribution in [1.82, 2.24) is 0 Å². The molecule has 2 N–H and O–H groups in total. The molecule has 2 aromatic carbocycles. The van der Waals surface area contributed by atoms with Gasteiger partial charge in [-0.2, -0.15) is 0 Å². The van der Waals surface area contributed by atoms with Crippen LogP contribution in [-0.2, 0) is 0 Å². The van der Waals surface area contributed by atoms with Crippen molar-refractivity contribution in [2.45, 2.75) is 6.92 Å². The Morgan fingerprint density at radius 2 is 1.76 bits per heavy atom. The first-order valence-corrected chi connectivity index (χ1v) is 6.64. The molecule has 88 valence electrons.